The van der Waals surface area contributed by atoms with Crippen LogP contribution >= 0.6 is 0 Å². The van der Waals surface area contributed by atoms with E-state index in [1.54, 1.807) is 0 Å². The van der Waals surface area contributed by atoms with Crippen molar-refractivity contribution in [1.82, 2.24) is 5.32 Å². The lowest BCUT2D eigenvalue weighted by Gasteiger charge is -2.28. The number of aliphatic hydroxyl groups excluding tert-OH is 2. The Kier molecular flexibility index (Phi) is 6.30. The summed E-state index contributed by atoms with van der Waals surface area (Å²) in [4.78, 5) is 0. The number of hydrogen-bond acceptors (Lipinski definition) is 4. The highest BCUT2D eigenvalue weighted by molar-refractivity contribution is 5.20. The van der Waals surface area contributed by atoms with Gasteiger partial charge in [-0.2, -0.15) is 0 Å². The Labute approximate surface area is 120 Å². The smallest absolute Gasteiger partial charge is 0.119 e. The van der Waals surface area contributed by atoms with Crippen molar-refractivity contribution in [2.75, 3.05) is 19.7 Å². The molecule has 3 atom stereocenters. The van der Waals surface area contributed by atoms with E-state index >= 15 is 0 Å². The van der Waals surface area contributed by atoms with Gasteiger partial charge in [0.1, 0.15) is 18.5 Å². The molecule has 0 aliphatic heterocycles. The maximum Gasteiger partial charge on any atom is 0.119 e. The van der Waals surface area contributed by atoms with Crippen molar-refractivity contribution in [1.29, 1.82) is 0 Å². The van der Waals surface area contributed by atoms with Gasteiger partial charge in [-0.25, -0.2) is 0 Å². The first-order valence-electron chi connectivity index (χ1n) is 7.50. The monoisotopic (exact) mass is 279 g/mol. The molecular formula is C16H25NO3. The van der Waals surface area contributed by atoms with E-state index in [0.29, 0.717) is 12.5 Å². The molecule has 112 valence electrons. The zero-order valence-corrected chi connectivity index (χ0v) is 11.9. The van der Waals surface area contributed by atoms with Crippen LogP contribution in [0.5, 0.6) is 5.75 Å². The summed E-state index contributed by atoms with van der Waals surface area (Å²) in [6.45, 7) is 1.55. The van der Waals surface area contributed by atoms with Gasteiger partial charge in [0.2, 0.25) is 0 Å². The van der Waals surface area contributed by atoms with Gasteiger partial charge in [-0.3, -0.25) is 0 Å². The van der Waals surface area contributed by atoms with E-state index in [1.807, 2.05) is 30.3 Å². The molecule has 2 rings (SSSR count). The van der Waals surface area contributed by atoms with Crippen LogP contribution in [-0.2, 0) is 0 Å². The Balaban J connectivity index is 1.59. The molecule has 1 aliphatic rings. The predicted octanol–water partition coefficient (Wildman–Crippen LogP) is 1.57. The van der Waals surface area contributed by atoms with Gasteiger partial charge in [0.15, 0.2) is 0 Å². The molecule has 1 aliphatic carbocycles. The third-order valence-electron chi connectivity index (χ3n) is 3.84. The molecule has 4 nitrogen and oxygen atoms in total. The molecule has 0 bridgehead atoms. The van der Waals surface area contributed by atoms with Gasteiger partial charge in [0, 0.05) is 13.1 Å². The fourth-order valence-corrected chi connectivity index (χ4v) is 2.63. The first-order valence-corrected chi connectivity index (χ1v) is 7.50. The molecule has 1 fully saturated rings. The van der Waals surface area contributed by atoms with E-state index in [4.69, 9.17) is 4.74 Å². The van der Waals surface area contributed by atoms with Crippen LogP contribution in [0.3, 0.4) is 0 Å². The molecule has 4 heteroatoms. The molecular weight excluding hydrogens is 254 g/mol. The quantitative estimate of drug-likeness (QED) is 0.709. The van der Waals surface area contributed by atoms with E-state index in [2.05, 4.69) is 5.32 Å². The van der Waals surface area contributed by atoms with Crippen LogP contribution in [0.25, 0.3) is 0 Å². The van der Waals surface area contributed by atoms with Gasteiger partial charge in [0.25, 0.3) is 0 Å². The lowest BCUT2D eigenvalue weighted by molar-refractivity contribution is 0.0635. The van der Waals surface area contributed by atoms with Crippen molar-refractivity contribution < 1.29 is 14.9 Å². The van der Waals surface area contributed by atoms with Crippen molar-refractivity contribution in [2.24, 2.45) is 5.92 Å². The van der Waals surface area contributed by atoms with Crippen molar-refractivity contribution in [2.45, 2.75) is 37.9 Å². The van der Waals surface area contributed by atoms with Gasteiger partial charge in [-0.15, -0.1) is 0 Å². The topological polar surface area (TPSA) is 61.7 Å². The molecule has 0 radical (unpaired) electrons. The zero-order valence-electron chi connectivity index (χ0n) is 11.9. The van der Waals surface area contributed by atoms with E-state index in [1.165, 1.54) is 6.42 Å². The van der Waals surface area contributed by atoms with Crippen LogP contribution in [0.4, 0.5) is 0 Å². The average molecular weight is 279 g/mol. The summed E-state index contributed by atoms with van der Waals surface area (Å²) in [7, 11) is 0. The third-order valence-corrected chi connectivity index (χ3v) is 3.84. The zero-order chi connectivity index (χ0) is 14.2. The second-order valence-corrected chi connectivity index (χ2v) is 5.55. The molecule has 20 heavy (non-hydrogen) atoms. The van der Waals surface area contributed by atoms with Gasteiger partial charge >= 0.3 is 0 Å². The number of aliphatic hydroxyl groups is 2. The molecule has 1 aromatic carbocycles. The first-order chi connectivity index (χ1) is 9.75. The minimum absolute atomic E-state index is 0.186. The van der Waals surface area contributed by atoms with Crippen molar-refractivity contribution in [3.05, 3.63) is 30.3 Å². The highest BCUT2D eigenvalue weighted by Crippen LogP contribution is 2.23. The third kappa shape index (κ3) is 5.12. The molecule has 0 saturated heterocycles. The number of rotatable bonds is 7. The molecule has 0 amide bonds. The van der Waals surface area contributed by atoms with Gasteiger partial charge in [-0.05, 0) is 30.9 Å². The Morgan fingerprint density at radius 2 is 1.95 bits per heavy atom. The first kappa shape index (κ1) is 15.3. The normalized spacial score (nSPS) is 24.3. The number of para-hydroxylation sites is 1. The second kappa shape index (κ2) is 8.25. The summed E-state index contributed by atoms with van der Waals surface area (Å²) in [6.07, 6.45) is 3.59. The van der Waals surface area contributed by atoms with Crippen molar-refractivity contribution >= 4 is 0 Å². The number of hydrogen-bond donors (Lipinski definition) is 3. The molecule has 0 heterocycles. The molecule has 3 unspecified atom stereocenters. The lowest BCUT2D eigenvalue weighted by Crippen LogP contribution is -2.38. The SMILES string of the molecule is OC(CNCC1CCCCC1O)COc1ccccc1. The van der Waals surface area contributed by atoms with Crippen LogP contribution < -0.4 is 10.1 Å². The maximum absolute atomic E-state index is 9.86. The number of nitrogens with one attached hydrogen (secondary N) is 1. The molecule has 1 saturated carbocycles. The second-order valence-electron chi connectivity index (χ2n) is 5.55. The van der Waals surface area contributed by atoms with E-state index in [0.717, 1.165) is 31.6 Å². The number of ether oxygens (including phenoxy) is 1. The van der Waals surface area contributed by atoms with E-state index < -0.39 is 6.10 Å². The fourth-order valence-electron chi connectivity index (χ4n) is 2.63. The minimum Gasteiger partial charge on any atom is -0.491 e. The largest absolute Gasteiger partial charge is 0.491 e. The maximum atomic E-state index is 9.86. The van der Waals surface area contributed by atoms with Gasteiger partial charge in [-0.1, -0.05) is 31.0 Å². The van der Waals surface area contributed by atoms with Gasteiger partial charge < -0.3 is 20.3 Å². The van der Waals surface area contributed by atoms with Crippen molar-refractivity contribution in [3.63, 3.8) is 0 Å². The van der Waals surface area contributed by atoms with Gasteiger partial charge in [0.05, 0.1) is 6.10 Å². The predicted molar refractivity (Wildman–Crippen MR) is 78.8 cm³/mol. The summed E-state index contributed by atoms with van der Waals surface area (Å²) in [5.74, 6) is 1.10. The Hall–Kier alpha value is -1.10. The van der Waals surface area contributed by atoms with Crippen LogP contribution in [0.2, 0.25) is 0 Å². The summed E-state index contributed by atoms with van der Waals surface area (Å²) >= 11 is 0. The molecule has 0 spiro atoms. The molecule has 0 aromatic heterocycles. The minimum atomic E-state index is -0.532. The highest BCUT2D eigenvalue weighted by atomic mass is 16.5. The summed E-state index contributed by atoms with van der Waals surface area (Å²) < 4.78 is 5.49. The van der Waals surface area contributed by atoms with Crippen LogP contribution in [0, 0.1) is 5.92 Å². The summed E-state index contributed by atoms with van der Waals surface area (Å²) in [5.41, 5.74) is 0. The lowest BCUT2D eigenvalue weighted by atomic mass is 9.86. The van der Waals surface area contributed by atoms with Crippen molar-refractivity contribution in [3.8, 4) is 5.75 Å². The Morgan fingerprint density at radius 1 is 1.20 bits per heavy atom. The standard InChI is InChI=1S/C16H25NO3/c18-14(12-20-15-7-2-1-3-8-15)11-17-10-13-6-4-5-9-16(13)19/h1-3,7-8,13-14,16-19H,4-6,9-12H2. The average Bonchev–Trinajstić information content (AvgIpc) is 2.48. The Morgan fingerprint density at radius 3 is 2.70 bits per heavy atom. The van der Waals surface area contributed by atoms with Crippen LogP contribution in [-0.4, -0.2) is 42.1 Å². The summed E-state index contributed by atoms with van der Waals surface area (Å²) in [5, 5.41) is 22.9. The van der Waals surface area contributed by atoms with Crippen LogP contribution in [0.1, 0.15) is 25.7 Å². The van der Waals surface area contributed by atoms with E-state index in [9.17, 15) is 10.2 Å². The molecule has 3 N–H and O–H groups in total. The fraction of sp³-hybridized carbons (Fsp3) is 0.625. The van der Waals surface area contributed by atoms with Crippen LogP contribution in [0.15, 0.2) is 30.3 Å². The summed E-state index contributed by atoms with van der Waals surface area (Å²) in [6, 6.07) is 9.49. The number of benzene rings is 1. The van der Waals surface area contributed by atoms with E-state index in [-0.39, 0.29) is 12.7 Å². The molecule has 1 aromatic rings. The Bertz CT molecular complexity index is 371. The highest BCUT2D eigenvalue weighted by Gasteiger charge is 2.22.